The van der Waals surface area contributed by atoms with E-state index in [0.29, 0.717) is 22.0 Å². The normalized spacial score (nSPS) is 15.2. The highest BCUT2D eigenvalue weighted by molar-refractivity contribution is 7.18. The number of amides is 2. The fourth-order valence-corrected chi connectivity index (χ4v) is 4.39. The van der Waals surface area contributed by atoms with E-state index in [0.717, 1.165) is 37.3 Å². The van der Waals surface area contributed by atoms with Crippen LogP contribution in [0.15, 0.2) is 0 Å². The number of methoxy groups -OCH3 is 1. The van der Waals surface area contributed by atoms with Crippen LogP contribution in [-0.4, -0.2) is 63.5 Å². The second-order valence-electron chi connectivity index (χ2n) is 6.84. The molecule has 144 valence electrons. The van der Waals surface area contributed by atoms with Gasteiger partial charge in [0.2, 0.25) is 0 Å². The van der Waals surface area contributed by atoms with E-state index in [9.17, 15) is 14.4 Å². The van der Waals surface area contributed by atoms with Crippen molar-refractivity contribution in [2.45, 2.75) is 32.6 Å². The molecule has 1 aromatic rings. The third-order valence-corrected chi connectivity index (χ3v) is 5.81. The summed E-state index contributed by atoms with van der Waals surface area (Å²) >= 11 is 1.13. The van der Waals surface area contributed by atoms with Gasteiger partial charge >= 0.3 is 5.97 Å². The molecule has 0 atom stereocenters. The highest BCUT2D eigenvalue weighted by Crippen LogP contribution is 2.34. The molecule has 1 saturated heterocycles. The van der Waals surface area contributed by atoms with Crippen molar-refractivity contribution in [3.05, 3.63) is 16.0 Å². The topological polar surface area (TPSA) is 80.1 Å². The van der Waals surface area contributed by atoms with Crippen LogP contribution in [0.25, 0.3) is 0 Å². The van der Waals surface area contributed by atoms with Crippen molar-refractivity contribution in [2.24, 2.45) is 0 Å². The predicted molar refractivity (Wildman–Crippen MR) is 101 cm³/mol. The summed E-state index contributed by atoms with van der Waals surface area (Å²) in [5.41, 5.74) is 0.805. The molecule has 0 aromatic carbocycles. The molecule has 0 saturated carbocycles. The number of nitrogens with zero attached hydrogens (tertiary/aromatic N) is 1. The summed E-state index contributed by atoms with van der Waals surface area (Å²) in [5.74, 6) is -0.887. The molecule has 1 aliphatic rings. The lowest BCUT2D eigenvalue weighted by atomic mass is 10.1. The molecule has 0 spiro atoms. The van der Waals surface area contributed by atoms with Crippen LogP contribution in [-0.2, 0) is 9.53 Å². The zero-order valence-electron chi connectivity index (χ0n) is 15.9. The zero-order valence-corrected chi connectivity index (χ0v) is 16.8. The van der Waals surface area contributed by atoms with Gasteiger partial charge in [-0.15, -0.1) is 11.3 Å². The van der Waals surface area contributed by atoms with Crippen LogP contribution < -0.4 is 10.2 Å². The molecule has 1 aliphatic heterocycles. The number of rotatable bonds is 5. The van der Waals surface area contributed by atoms with Gasteiger partial charge in [-0.05, 0) is 38.2 Å². The highest BCUT2D eigenvalue weighted by Gasteiger charge is 2.27. The molecule has 7 nitrogen and oxygen atoms in total. The van der Waals surface area contributed by atoms with Crippen molar-refractivity contribution >= 4 is 34.1 Å². The summed E-state index contributed by atoms with van der Waals surface area (Å²) in [7, 11) is 4.60. The SMILES string of the molecule is COC(=O)c1c(NC(=O)C[NH+]2CCCCCC2)sc(C(=O)N(C)C)c1C. The number of likely N-dealkylation sites (tertiary alicyclic amines) is 1. The molecule has 2 rings (SSSR count). The molecule has 2 heterocycles. The lowest BCUT2D eigenvalue weighted by Gasteiger charge is -2.16. The van der Waals surface area contributed by atoms with Crippen LogP contribution in [0, 0.1) is 6.92 Å². The fraction of sp³-hybridized carbons (Fsp3) is 0.611. The van der Waals surface area contributed by atoms with Crippen LogP contribution in [0.4, 0.5) is 5.00 Å². The van der Waals surface area contributed by atoms with Gasteiger partial charge in [-0.1, -0.05) is 0 Å². The Kier molecular flexibility index (Phi) is 7.16. The largest absolute Gasteiger partial charge is 0.465 e. The summed E-state index contributed by atoms with van der Waals surface area (Å²) in [5, 5.41) is 3.22. The Morgan fingerprint density at radius 1 is 1.15 bits per heavy atom. The van der Waals surface area contributed by atoms with E-state index < -0.39 is 5.97 Å². The first-order valence-electron chi connectivity index (χ1n) is 8.92. The monoisotopic (exact) mass is 382 g/mol. The zero-order chi connectivity index (χ0) is 19.3. The third kappa shape index (κ3) is 4.82. The molecule has 1 fully saturated rings. The molecule has 8 heteroatoms. The van der Waals surface area contributed by atoms with Crippen molar-refractivity contribution in [3.63, 3.8) is 0 Å². The molecule has 2 N–H and O–H groups in total. The van der Waals surface area contributed by atoms with Gasteiger partial charge < -0.3 is 19.9 Å². The van der Waals surface area contributed by atoms with E-state index in [1.807, 2.05) is 0 Å². The summed E-state index contributed by atoms with van der Waals surface area (Å²) in [4.78, 5) is 40.2. The van der Waals surface area contributed by atoms with E-state index in [1.54, 1.807) is 21.0 Å². The first kappa shape index (κ1) is 20.4. The second-order valence-corrected chi connectivity index (χ2v) is 7.86. The van der Waals surface area contributed by atoms with Crippen molar-refractivity contribution < 1.29 is 24.0 Å². The minimum Gasteiger partial charge on any atom is -0.465 e. The van der Waals surface area contributed by atoms with Gasteiger partial charge in [0.25, 0.3) is 11.8 Å². The average Bonchev–Trinajstić information content (AvgIpc) is 2.77. The number of nitrogens with one attached hydrogen (secondary N) is 2. The lowest BCUT2D eigenvalue weighted by molar-refractivity contribution is -0.890. The first-order chi connectivity index (χ1) is 12.3. The number of anilines is 1. The minimum atomic E-state index is -0.547. The Morgan fingerprint density at radius 2 is 1.77 bits per heavy atom. The number of carbonyl (C=O) groups is 3. The van der Waals surface area contributed by atoms with Gasteiger partial charge in [-0.3, -0.25) is 9.59 Å². The number of hydrogen-bond acceptors (Lipinski definition) is 5. The van der Waals surface area contributed by atoms with Crippen LogP contribution >= 0.6 is 11.3 Å². The molecular weight excluding hydrogens is 354 g/mol. The van der Waals surface area contributed by atoms with Crippen LogP contribution in [0.5, 0.6) is 0 Å². The second kappa shape index (κ2) is 9.14. The fourth-order valence-electron chi connectivity index (χ4n) is 3.16. The summed E-state index contributed by atoms with van der Waals surface area (Å²) in [6, 6.07) is 0. The van der Waals surface area contributed by atoms with Gasteiger partial charge in [0.1, 0.15) is 5.00 Å². The van der Waals surface area contributed by atoms with Crippen molar-refractivity contribution in [3.8, 4) is 0 Å². The molecular formula is C18H28N3O4S+. The van der Waals surface area contributed by atoms with E-state index in [2.05, 4.69) is 5.32 Å². The van der Waals surface area contributed by atoms with E-state index in [-0.39, 0.29) is 17.4 Å². The standard InChI is InChI=1S/C18H27N3O4S/c1-12-14(18(24)25-4)16(26-15(12)17(23)20(2)3)19-13(22)11-21-9-7-5-6-8-10-21/h5-11H2,1-4H3,(H,19,22)/p+1. The number of thiophene rings is 1. The van der Waals surface area contributed by atoms with Gasteiger partial charge in [-0.25, -0.2) is 4.79 Å². The van der Waals surface area contributed by atoms with Crippen LogP contribution in [0.2, 0.25) is 0 Å². The molecule has 26 heavy (non-hydrogen) atoms. The Bertz CT molecular complexity index is 676. The molecule has 0 aliphatic carbocycles. The quantitative estimate of drug-likeness (QED) is 0.743. The number of esters is 1. The maximum Gasteiger partial charge on any atom is 0.341 e. The Labute approximate surface area is 158 Å². The van der Waals surface area contributed by atoms with Crippen molar-refractivity contribution in [2.75, 3.05) is 46.2 Å². The lowest BCUT2D eigenvalue weighted by Crippen LogP contribution is -3.12. The van der Waals surface area contributed by atoms with Crippen LogP contribution in [0.3, 0.4) is 0 Å². The Hall–Kier alpha value is -1.93. The smallest absolute Gasteiger partial charge is 0.341 e. The van der Waals surface area contributed by atoms with Crippen LogP contribution in [0.1, 0.15) is 51.3 Å². The molecule has 1 aromatic heterocycles. The van der Waals surface area contributed by atoms with E-state index in [4.69, 9.17) is 4.74 Å². The maximum atomic E-state index is 12.5. The van der Waals surface area contributed by atoms with Crippen molar-refractivity contribution in [1.29, 1.82) is 0 Å². The van der Waals surface area contributed by atoms with E-state index >= 15 is 0 Å². The number of ether oxygens (including phenoxy) is 1. The number of quaternary nitrogens is 1. The summed E-state index contributed by atoms with van der Waals surface area (Å²) in [6.45, 7) is 4.06. The molecule has 0 radical (unpaired) electrons. The van der Waals surface area contributed by atoms with Gasteiger partial charge in [0.15, 0.2) is 6.54 Å². The first-order valence-corrected chi connectivity index (χ1v) is 9.73. The Balaban J connectivity index is 2.20. The summed E-state index contributed by atoms with van der Waals surface area (Å²) < 4.78 is 4.85. The minimum absolute atomic E-state index is 0.142. The third-order valence-electron chi connectivity index (χ3n) is 4.61. The molecule has 0 unspecified atom stereocenters. The molecule has 2 amide bonds. The number of hydrogen-bond donors (Lipinski definition) is 2. The Morgan fingerprint density at radius 3 is 2.31 bits per heavy atom. The highest BCUT2D eigenvalue weighted by atomic mass is 32.1. The maximum absolute atomic E-state index is 12.5. The van der Waals surface area contributed by atoms with Gasteiger partial charge in [-0.2, -0.15) is 0 Å². The number of carbonyl (C=O) groups excluding carboxylic acids is 3. The summed E-state index contributed by atoms with van der Waals surface area (Å²) in [6.07, 6.45) is 4.71. The average molecular weight is 383 g/mol. The predicted octanol–water partition coefficient (Wildman–Crippen LogP) is 0.942. The van der Waals surface area contributed by atoms with E-state index in [1.165, 1.54) is 29.8 Å². The van der Waals surface area contributed by atoms with Crippen molar-refractivity contribution in [1.82, 2.24) is 4.90 Å². The van der Waals surface area contributed by atoms with Gasteiger partial charge in [0, 0.05) is 14.1 Å². The van der Waals surface area contributed by atoms with Gasteiger partial charge in [0.05, 0.1) is 30.6 Å². The molecule has 0 bridgehead atoms.